The summed E-state index contributed by atoms with van der Waals surface area (Å²) in [6.45, 7) is 2.23. The van der Waals surface area contributed by atoms with Gasteiger partial charge in [0.25, 0.3) is 0 Å². The predicted molar refractivity (Wildman–Crippen MR) is 193 cm³/mol. The maximum absolute atomic E-state index is 2.44. The van der Waals surface area contributed by atoms with Crippen molar-refractivity contribution in [3.63, 3.8) is 0 Å². The van der Waals surface area contributed by atoms with Crippen molar-refractivity contribution < 1.29 is 0 Å². The molecule has 0 saturated carbocycles. The lowest BCUT2D eigenvalue weighted by Gasteiger charge is -2.14. The van der Waals surface area contributed by atoms with E-state index in [1.807, 2.05) is 11.3 Å². The third-order valence-electron chi connectivity index (χ3n) is 9.17. The zero-order valence-electron chi connectivity index (χ0n) is 24.3. The Labute approximate surface area is 260 Å². The van der Waals surface area contributed by atoms with Crippen molar-refractivity contribution in [3.8, 4) is 33.4 Å². The Bertz CT molecular complexity index is 2540. The molecule has 0 aliphatic rings. The molecule has 0 spiro atoms. The molecule has 0 atom stereocenters. The number of thiophene rings is 1. The van der Waals surface area contributed by atoms with Gasteiger partial charge < -0.3 is 0 Å². The quantitative estimate of drug-likeness (QED) is 0.184. The molecule has 0 bridgehead atoms. The Morgan fingerprint density at radius 1 is 0.364 bits per heavy atom. The Kier molecular flexibility index (Phi) is 5.69. The Hall–Kier alpha value is -5.24. The van der Waals surface area contributed by atoms with E-state index >= 15 is 0 Å². The molecule has 0 amide bonds. The third-order valence-corrected chi connectivity index (χ3v) is 10.4. The van der Waals surface area contributed by atoms with Crippen molar-refractivity contribution in [3.05, 3.63) is 157 Å². The molecule has 0 radical (unpaired) electrons. The van der Waals surface area contributed by atoms with Crippen molar-refractivity contribution >= 4 is 63.8 Å². The van der Waals surface area contributed by atoms with Crippen molar-refractivity contribution in [2.45, 2.75) is 6.92 Å². The largest absolute Gasteiger partial charge is 0.135 e. The topological polar surface area (TPSA) is 0 Å². The summed E-state index contributed by atoms with van der Waals surface area (Å²) < 4.78 is 2.66. The summed E-state index contributed by atoms with van der Waals surface area (Å²) in [6.07, 6.45) is 0. The molecule has 8 aromatic carbocycles. The average Bonchev–Trinajstić information content (AvgIpc) is 3.46. The van der Waals surface area contributed by atoms with Gasteiger partial charge in [0.05, 0.1) is 0 Å². The summed E-state index contributed by atoms with van der Waals surface area (Å²) in [6, 6.07) is 56.0. The molecule has 0 unspecified atom stereocenters. The van der Waals surface area contributed by atoms with Crippen LogP contribution in [0.4, 0.5) is 0 Å². The first kappa shape index (κ1) is 25.3. The van der Waals surface area contributed by atoms with Crippen LogP contribution in [-0.4, -0.2) is 0 Å². The van der Waals surface area contributed by atoms with E-state index in [0.29, 0.717) is 0 Å². The highest BCUT2D eigenvalue weighted by atomic mass is 32.1. The fourth-order valence-corrected chi connectivity index (χ4v) is 8.26. The van der Waals surface area contributed by atoms with E-state index in [1.165, 1.54) is 91.4 Å². The third kappa shape index (κ3) is 3.90. The molecule has 9 rings (SSSR count). The van der Waals surface area contributed by atoms with Gasteiger partial charge in [-0.05, 0) is 103 Å². The Balaban J connectivity index is 1.36. The SMILES string of the molecule is Cc1cccc2c3ccccc3c3cc(-c4cc(-c5ccccc5)cc5c4sc4ccc(-c6ccccc6)cc45)ccc3c12. The molecular formula is C43H28S. The van der Waals surface area contributed by atoms with E-state index < -0.39 is 0 Å². The van der Waals surface area contributed by atoms with Crippen LogP contribution in [0.5, 0.6) is 0 Å². The molecule has 9 aromatic rings. The fourth-order valence-electron chi connectivity index (χ4n) is 7.06. The minimum Gasteiger partial charge on any atom is -0.135 e. The van der Waals surface area contributed by atoms with Gasteiger partial charge in [-0.3, -0.25) is 0 Å². The minimum atomic E-state index is 1.24. The lowest BCUT2D eigenvalue weighted by molar-refractivity contribution is 1.55. The normalized spacial score (nSPS) is 11.8. The highest BCUT2D eigenvalue weighted by Crippen LogP contribution is 2.45. The molecule has 1 heteroatoms. The molecule has 0 aliphatic carbocycles. The number of hydrogen-bond donors (Lipinski definition) is 0. The van der Waals surface area contributed by atoms with E-state index in [-0.39, 0.29) is 0 Å². The molecule has 44 heavy (non-hydrogen) atoms. The summed E-state index contributed by atoms with van der Waals surface area (Å²) in [7, 11) is 0. The van der Waals surface area contributed by atoms with Gasteiger partial charge >= 0.3 is 0 Å². The van der Waals surface area contributed by atoms with Crippen molar-refractivity contribution in [1.82, 2.24) is 0 Å². The molecule has 0 aliphatic heterocycles. The summed E-state index contributed by atoms with van der Waals surface area (Å²) in [4.78, 5) is 0. The average molecular weight is 577 g/mol. The van der Waals surface area contributed by atoms with E-state index in [4.69, 9.17) is 0 Å². The fraction of sp³-hybridized carbons (Fsp3) is 0.0233. The second-order valence-electron chi connectivity index (χ2n) is 11.7. The summed E-state index contributed by atoms with van der Waals surface area (Å²) in [5, 5.41) is 10.6. The molecule has 0 nitrogen and oxygen atoms in total. The molecule has 206 valence electrons. The highest BCUT2D eigenvalue weighted by molar-refractivity contribution is 7.26. The van der Waals surface area contributed by atoms with Crippen LogP contribution in [0.25, 0.3) is 85.9 Å². The first-order valence-corrected chi connectivity index (χ1v) is 16.0. The van der Waals surface area contributed by atoms with Crippen molar-refractivity contribution in [2.75, 3.05) is 0 Å². The van der Waals surface area contributed by atoms with E-state index in [0.717, 1.165) is 0 Å². The molecule has 1 aromatic heterocycles. The highest BCUT2D eigenvalue weighted by Gasteiger charge is 2.17. The Morgan fingerprint density at radius 3 is 1.73 bits per heavy atom. The number of hydrogen-bond acceptors (Lipinski definition) is 1. The molecule has 0 saturated heterocycles. The van der Waals surface area contributed by atoms with Crippen LogP contribution in [0, 0.1) is 6.92 Å². The zero-order chi connectivity index (χ0) is 29.2. The van der Waals surface area contributed by atoms with Crippen LogP contribution < -0.4 is 0 Å². The maximum Gasteiger partial charge on any atom is 0.0434 e. The standard InChI is InChI=1S/C43H28S/c1-27-11-10-18-35-33-16-8-9-17-34(33)38-24-31(19-21-36(38)42(27)35)37-25-32(29-14-6-3-7-15-29)26-40-39-23-30(28-12-4-2-5-13-28)20-22-41(39)44-43(37)40/h2-26H,1H3. The summed E-state index contributed by atoms with van der Waals surface area (Å²) in [5.41, 5.74) is 8.85. The minimum absolute atomic E-state index is 1.24. The number of rotatable bonds is 3. The second-order valence-corrected chi connectivity index (χ2v) is 12.8. The first-order chi connectivity index (χ1) is 21.7. The van der Waals surface area contributed by atoms with Gasteiger partial charge in [-0.25, -0.2) is 0 Å². The van der Waals surface area contributed by atoms with Crippen LogP contribution in [0.2, 0.25) is 0 Å². The van der Waals surface area contributed by atoms with Gasteiger partial charge in [-0.15, -0.1) is 11.3 Å². The van der Waals surface area contributed by atoms with Crippen LogP contribution in [0.3, 0.4) is 0 Å². The van der Waals surface area contributed by atoms with Gasteiger partial charge in [0.2, 0.25) is 0 Å². The Morgan fingerprint density at radius 2 is 0.955 bits per heavy atom. The molecule has 0 fully saturated rings. The van der Waals surface area contributed by atoms with Gasteiger partial charge in [0.1, 0.15) is 0 Å². The molecule has 1 heterocycles. The van der Waals surface area contributed by atoms with Crippen molar-refractivity contribution in [2.24, 2.45) is 0 Å². The van der Waals surface area contributed by atoms with E-state index in [9.17, 15) is 0 Å². The summed E-state index contributed by atoms with van der Waals surface area (Å²) >= 11 is 1.90. The van der Waals surface area contributed by atoms with Gasteiger partial charge in [-0.2, -0.15) is 0 Å². The summed E-state index contributed by atoms with van der Waals surface area (Å²) in [5.74, 6) is 0. The zero-order valence-corrected chi connectivity index (χ0v) is 25.2. The second kappa shape index (κ2) is 9.91. The number of aryl methyl sites for hydroxylation is 1. The number of benzene rings is 8. The smallest absolute Gasteiger partial charge is 0.0434 e. The van der Waals surface area contributed by atoms with Crippen LogP contribution in [0.1, 0.15) is 5.56 Å². The number of fused-ring (bicyclic) bond motifs is 9. The van der Waals surface area contributed by atoms with Crippen LogP contribution in [-0.2, 0) is 0 Å². The van der Waals surface area contributed by atoms with Gasteiger partial charge in [0.15, 0.2) is 0 Å². The monoisotopic (exact) mass is 576 g/mol. The lowest BCUT2D eigenvalue weighted by Crippen LogP contribution is -1.88. The van der Waals surface area contributed by atoms with Crippen LogP contribution in [0.15, 0.2) is 152 Å². The first-order valence-electron chi connectivity index (χ1n) is 15.2. The maximum atomic E-state index is 2.44. The van der Waals surface area contributed by atoms with E-state index in [1.54, 1.807) is 0 Å². The predicted octanol–water partition coefficient (Wildman–Crippen LogP) is 12.8. The van der Waals surface area contributed by atoms with E-state index in [2.05, 4.69) is 159 Å². The molecular weight excluding hydrogens is 549 g/mol. The van der Waals surface area contributed by atoms with Crippen LogP contribution >= 0.6 is 11.3 Å². The van der Waals surface area contributed by atoms with Gasteiger partial charge in [-0.1, -0.05) is 121 Å². The van der Waals surface area contributed by atoms with Crippen molar-refractivity contribution in [1.29, 1.82) is 0 Å². The molecule has 0 N–H and O–H groups in total. The lowest BCUT2D eigenvalue weighted by atomic mass is 9.89. The van der Waals surface area contributed by atoms with Gasteiger partial charge in [0, 0.05) is 25.7 Å².